The number of aliphatic imine (C=N–C) groups is 1. The van der Waals surface area contributed by atoms with Crippen LogP contribution < -0.4 is 5.73 Å². The third-order valence-electron chi connectivity index (χ3n) is 0.713. The number of thiol groups is 1. The summed E-state index contributed by atoms with van der Waals surface area (Å²) in [7, 11) is 0. The minimum Gasteiger partial charge on any atom is -0.364 e. The molecule has 0 aromatic heterocycles. The van der Waals surface area contributed by atoms with Crippen molar-refractivity contribution in [3.63, 3.8) is 0 Å². The first-order chi connectivity index (χ1) is 3.80. The van der Waals surface area contributed by atoms with E-state index in [-0.39, 0.29) is 0 Å². The number of rotatable bonds is 1. The van der Waals surface area contributed by atoms with Crippen LogP contribution in [0.25, 0.3) is 0 Å². The van der Waals surface area contributed by atoms with Gasteiger partial charge in [0.2, 0.25) is 0 Å². The van der Waals surface area contributed by atoms with Gasteiger partial charge < -0.3 is 5.73 Å². The molecule has 43 valence electrons. The summed E-state index contributed by atoms with van der Waals surface area (Å²) in [6.45, 7) is 0. The molecule has 1 aliphatic rings. The van der Waals surface area contributed by atoms with Gasteiger partial charge in [-0.3, -0.25) is 4.79 Å². The van der Waals surface area contributed by atoms with Crippen LogP contribution in [0.15, 0.2) is 16.1 Å². The van der Waals surface area contributed by atoms with E-state index in [1.807, 2.05) is 0 Å². The van der Waals surface area contributed by atoms with Gasteiger partial charge in [-0.05, 0) is 5.41 Å². The van der Waals surface area contributed by atoms with Crippen molar-refractivity contribution in [3.8, 4) is 0 Å². The van der Waals surface area contributed by atoms with Crippen molar-refractivity contribution >= 4 is 23.2 Å². The van der Waals surface area contributed by atoms with Crippen molar-refractivity contribution in [3.05, 3.63) is 11.1 Å². The summed E-state index contributed by atoms with van der Waals surface area (Å²) in [5, 5.41) is 1.67. The summed E-state index contributed by atoms with van der Waals surface area (Å²) in [5.41, 5.74) is 6.86. The number of primary amides is 1. The Hall–Kier alpha value is -0.770. The molecule has 0 fully saturated rings. The molecule has 0 saturated heterocycles. The van der Waals surface area contributed by atoms with Crippen molar-refractivity contribution in [1.29, 1.82) is 0 Å². The highest BCUT2D eigenvalue weighted by Crippen LogP contribution is 2.12. The molecule has 1 amide bonds. The van der Waals surface area contributed by atoms with E-state index in [9.17, 15) is 4.79 Å². The first-order valence-electron chi connectivity index (χ1n) is 2.03. The summed E-state index contributed by atoms with van der Waals surface area (Å²) in [5.74, 6) is -0.453. The van der Waals surface area contributed by atoms with Crippen LogP contribution in [0.1, 0.15) is 0 Å². The van der Waals surface area contributed by atoms with E-state index in [4.69, 9.17) is 5.73 Å². The normalized spacial score (nSPS) is 16.2. The quantitative estimate of drug-likeness (QED) is 0.474. The lowest BCUT2D eigenvalue weighted by Crippen LogP contribution is -2.10. The van der Waals surface area contributed by atoms with E-state index in [0.29, 0.717) is 5.70 Å². The van der Waals surface area contributed by atoms with Crippen LogP contribution in [0.5, 0.6) is 0 Å². The third kappa shape index (κ3) is 0.894. The summed E-state index contributed by atoms with van der Waals surface area (Å²) < 4.78 is 0. The van der Waals surface area contributed by atoms with Gasteiger partial charge in [-0.2, -0.15) is 11.8 Å². The van der Waals surface area contributed by atoms with Crippen LogP contribution in [0, 0.1) is 0 Å². The summed E-state index contributed by atoms with van der Waals surface area (Å²) in [6.07, 6.45) is 0. The highest BCUT2D eigenvalue weighted by atomic mass is 32.2. The zero-order valence-corrected chi connectivity index (χ0v) is 4.93. The van der Waals surface area contributed by atoms with Gasteiger partial charge in [0.25, 0.3) is 5.91 Å². The first-order valence-corrected chi connectivity index (χ1v) is 3.06. The van der Waals surface area contributed by atoms with Crippen molar-refractivity contribution in [2.45, 2.75) is 0 Å². The van der Waals surface area contributed by atoms with Crippen molar-refractivity contribution in [1.82, 2.24) is 0 Å². The molecule has 4 heteroatoms. The molecule has 0 aromatic carbocycles. The SMILES string of the molecule is NC(=O)C1=C[SH]C=N1. The van der Waals surface area contributed by atoms with Crippen LogP contribution in [-0.4, -0.2) is 11.5 Å². The van der Waals surface area contributed by atoms with Crippen LogP contribution in [0.4, 0.5) is 0 Å². The van der Waals surface area contributed by atoms with Gasteiger partial charge in [-0.15, -0.1) is 0 Å². The van der Waals surface area contributed by atoms with Crippen LogP contribution in [0.3, 0.4) is 0 Å². The highest BCUT2D eigenvalue weighted by Gasteiger charge is 2.03. The smallest absolute Gasteiger partial charge is 0.267 e. The summed E-state index contributed by atoms with van der Waals surface area (Å²) in [6, 6.07) is 0. The molecule has 1 heterocycles. The van der Waals surface area contributed by atoms with E-state index in [0.717, 1.165) is 11.8 Å². The van der Waals surface area contributed by atoms with E-state index in [2.05, 4.69) is 4.99 Å². The molecule has 2 N–H and O–H groups in total. The summed E-state index contributed by atoms with van der Waals surface area (Å²) in [4.78, 5) is 13.9. The first kappa shape index (κ1) is 5.37. The molecule has 1 rings (SSSR count). The average molecular weight is 129 g/mol. The van der Waals surface area contributed by atoms with Crippen LogP contribution in [-0.2, 0) is 4.79 Å². The maximum absolute atomic E-state index is 10.2. The fourth-order valence-electron chi connectivity index (χ4n) is 0.360. The van der Waals surface area contributed by atoms with Crippen LogP contribution in [0.2, 0.25) is 0 Å². The standard InChI is InChI=1S/C4H5N2OS/c5-4(7)3-1-8-2-6-3/h1-2,8H,(H2,5,7). The lowest BCUT2D eigenvalue weighted by molar-refractivity contribution is -0.114. The van der Waals surface area contributed by atoms with Gasteiger partial charge in [0.15, 0.2) is 0 Å². The Balaban J connectivity index is 2.72. The molecule has 0 atom stereocenters. The monoisotopic (exact) mass is 129 g/mol. The van der Waals surface area contributed by atoms with Gasteiger partial charge in [0, 0.05) is 0 Å². The molecule has 0 aliphatic carbocycles. The Bertz CT molecular complexity index is 173. The molecule has 8 heavy (non-hydrogen) atoms. The highest BCUT2D eigenvalue weighted by molar-refractivity contribution is 8.14. The number of amides is 1. The Morgan fingerprint density at radius 3 is 2.88 bits per heavy atom. The van der Waals surface area contributed by atoms with E-state index in [1.165, 1.54) is 0 Å². The molecule has 0 spiro atoms. The number of carbonyl (C=O) groups excluding carboxylic acids is 1. The number of nitrogens with two attached hydrogens (primary N) is 1. The van der Waals surface area contributed by atoms with Gasteiger partial charge in [-0.1, -0.05) is 0 Å². The second kappa shape index (κ2) is 2.00. The lowest BCUT2D eigenvalue weighted by Gasteiger charge is -1.83. The fourth-order valence-corrected chi connectivity index (χ4v) is 0.953. The van der Waals surface area contributed by atoms with Crippen molar-refractivity contribution < 1.29 is 4.79 Å². The number of nitrogens with zero attached hydrogens (tertiary/aromatic N) is 1. The van der Waals surface area contributed by atoms with Crippen molar-refractivity contribution in [2.24, 2.45) is 10.7 Å². The number of hydrogen-bond acceptors (Lipinski definition) is 2. The molecule has 1 radical (unpaired) electrons. The Labute approximate surface area is 50.7 Å². The average Bonchev–Trinajstić information content (AvgIpc) is 2.12. The summed E-state index contributed by atoms with van der Waals surface area (Å²) >= 11 is 0.942. The fraction of sp³-hybridized carbons (Fsp3) is 0. The molecular weight excluding hydrogens is 124 g/mol. The zero-order valence-electron chi connectivity index (χ0n) is 4.03. The van der Waals surface area contributed by atoms with E-state index < -0.39 is 5.91 Å². The molecule has 3 nitrogen and oxygen atoms in total. The molecule has 0 saturated carbocycles. The zero-order chi connectivity index (χ0) is 5.98. The Kier molecular flexibility index (Phi) is 1.34. The van der Waals surface area contributed by atoms with Crippen LogP contribution >= 0.6 is 11.8 Å². The van der Waals surface area contributed by atoms with E-state index in [1.54, 1.807) is 11.0 Å². The molecule has 0 unspecified atom stereocenters. The predicted molar refractivity (Wildman–Crippen MR) is 34.8 cm³/mol. The molecular formula is C4H5N2OS. The molecule has 0 aromatic rings. The van der Waals surface area contributed by atoms with Gasteiger partial charge >= 0.3 is 0 Å². The second-order valence-electron chi connectivity index (χ2n) is 1.27. The third-order valence-corrected chi connectivity index (χ3v) is 1.36. The Morgan fingerprint density at radius 2 is 2.62 bits per heavy atom. The van der Waals surface area contributed by atoms with E-state index >= 15 is 0 Å². The maximum atomic E-state index is 10.2. The number of hydrogen-bond donors (Lipinski definition) is 2. The van der Waals surface area contributed by atoms with Gasteiger partial charge in [-0.25, -0.2) is 4.99 Å². The minimum absolute atomic E-state index is 0.367. The van der Waals surface area contributed by atoms with Crippen molar-refractivity contribution in [2.75, 3.05) is 0 Å². The lowest BCUT2D eigenvalue weighted by atomic mass is 10.5. The molecule has 1 aliphatic heterocycles. The predicted octanol–water partition coefficient (Wildman–Crippen LogP) is -0.179. The van der Waals surface area contributed by atoms with Gasteiger partial charge in [0.1, 0.15) is 5.70 Å². The molecule has 0 bridgehead atoms. The number of carbonyl (C=O) groups is 1. The largest absolute Gasteiger partial charge is 0.364 e. The Morgan fingerprint density at radius 1 is 1.88 bits per heavy atom. The minimum atomic E-state index is -0.453. The maximum Gasteiger partial charge on any atom is 0.267 e. The second-order valence-corrected chi connectivity index (χ2v) is 2.06. The van der Waals surface area contributed by atoms with Gasteiger partial charge in [0.05, 0.1) is 5.55 Å². The topological polar surface area (TPSA) is 55.5 Å².